The molecule has 0 unspecified atom stereocenters. The van der Waals surface area contributed by atoms with Gasteiger partial charge in [-0.05, 0) is 31.2 Å². The summed E-state index contributed by atoms with van der Waals surface area (Å²) in [5, 5.41) is 2.61. The molecule has 6 heteroatoms. The van der Waals surface area contributed by atoms with Crippen molar-refractivity contribution in [3.63, 3.8) is 0 Å². The van der Waals surface area contributed by atoms with Gasteiger partial charge in [0.05, 0.1) is 13.7 Å². The number of fused-ring (bicyclic) bond motifs is 1. The summed E-state index contributed by atoms with van der Waals surface area (Å²) >= 11 is 0. The van der Waals surface area contributed by atoms with E-state index in [4.69, 9.17) is 4.74 Å². The first-order valence-corrected chi connectivity index (χ1v) is 8.86. The number of ether oxygens (including phenoxy) is 1. The fourth-order valence-electron chi connectivity index (χ4n) is 4.24. The Morgan fingerprint density at radius 1 is 1.24 bits per heavy atom. The molecule has 0 aliphatic carbocycles. The van der Waals surface area contributed by atoms with E-state index in [2.05, 4.69) is 29.4 Å². The molecule has 136 valence electrons. The quantitative estimate of drug-likeness (QED) is 0.887. The third-order valence-corrected chi connectivity index (χ3v) is 5.57. The third kappa shape index (κ3) is 3.79. The predicted octanol–water partition coefficient (Wildman–Crippen LogP) is 1.08. The van der Waals surface area contributed by atoms with Crippen LogP contribution in [0.15, 0.2) is 24.3 Å². The van der Waals surface area contributed by atoms with Crippen LogP contribution in [0.1, 0.15) is 24.8 Å². The molecule has 3 rings (SSSR count). The monoisotopic (exact) mass is 345 g/mol. The summed E-state index contributed by atoms with van der Waals surface area (Å²) in [6.45, 7) is 4.06. The maximum absolute atomic E-state index is 12.4. The summed E-state index contributed by atoms with van der Waals surface area (Å²) in [6.07, 6.45) is 0.986. The Balaban J connectivity index is 1.71. The molecule has 2 aliphatic rings. The van der Waals surface area contributed by atoms with Gasteiger partial charge in [-0.15, -0.1) is 0 Å². The van der Waals surface area contributed by atoms with Crippen molar-refractivity contribution in [2.75, 3.05) is 40.3 Å². The summed E-state index contributed by atoms with van der Waals surface area (Å²) in [4.78, 5) is 27.8. The number of piperidine rings is 1. The van der Waals surface area contributed by atoms with Gasteiger partial charge in [-0.2, -0.15) is 0 Å². The number of likely N-dealkylation sites (N-methyl/N-ethyl adjacent to an activating group) is 1. The highest BCUT2D eigenvalue weighted by atomic mass is 16.5. The van der Waals surface area contributed by atoms with E-state index in [-0.39, 0.29) is 18.4 Å². The number of methoxy groups -OCH3 is 1. The van der Waals surface area contributed by atoms with Crippen molar-refractivity contribution in [1.82, 2.24) is 15.1 Å². The van der Waals surface area contributed by atoms with Crippen molar-refractivity contribution in [3.8, 4) is 5.75 Å². The van der Waals surface area contributed by atoms with Gasteiger partial charge in [0, 0.05) is 44.4 Å². The Kier molecular flexibility index (Phi) is 5.27. The van der Waals surface area contributed by atoms with E-state index < -0.39 is 0 Å². The highest BCUT2D eigenvalue weighted by Crippen LogP contribution is 2.40. The van der Waals surface area contributed by atoms with Crippen LogP contribution in [-0.2, 0) is 9.59 Å². The highest BCUT2D eigenvalue weighted by Gasteiger charge is 2.44. The first-order chi connectivity index (χ1) is 12.0. The van der Waals surface area contributed by atoms with Crippen molar-refractivity contribution >= 4 is 11.8 Å². The van der Waals surface area contributed by atoms with Crippen LogP contribution >= 0.6 is 0 Å². The van der Waals surface area contributed by atoms with Crippen LogP contribution in [0.25, 0.3) is 0 Å². The zero-order valence-electron chi connectivity index (χ0n) is 15.2. The van der Waals surface area contributed by atoms with Crippen LogP contribution in [-0.4, -0.2) is 68.0 Å². The molecule has 3 atom stereocenters. The molecule has 2 aliphatic heterocycles. The fourth-order valence-corrected chi connectivity index (χ4v) is 4.24. The lowest BCUT2D eigenvalue weighted by molar-refractivity contribution is -0.134. The molecular weight excluding hydrogens is 318 g/mol. The second-order valence-electron chi connectivity index (χ2n) is 7.09. The van der Waals surface area contributed by atoms with Gasteiger partial charge in [0.1, 0.15) is 5.75 Å². The Bertz CT molecular complexity index is 631. The lowest BCUT2D eigenvalue weighted by Gasteiger charge is -2.38. The van der Waals surface area contributed by atoms with E-state index in [1.165, 1.54) is 12.5 Å². The lowest BCUT2D eigenvalue weighted by atomic mass is 9.82. The molecule has 2 heterocycles. The number of amides is 2. The van der Waals surface area contributed by atoms with Crippen molar-refractivity contribution in [2.45, 2.75) is 25.3 Å². The topological polar surface area (TPSA) is 61.9 Å². The number of rotatable bonds is 4. The number of nitrogens with one attached hydrogen (secondary N) is 1. The van der Waals surface area contributed by atoms with Gasteiger partial charge >= 0.3 is 0 Å². The summed E-state index contributed by atoms with van der Waals surface area (Å²) in [6, 6.07) is 8.79. The highest BCUT2D eigenvalue weighted by molar-refractivity contribution is 5.83. The number of likely N-dealkylation sites (tertiary alicyclic amines) is 2. The third-order valence-electron chi connectivity index (χ3n) is 5.57. The van der Waals surface area contributed by atoms with E-state index in [9.17, 15) is 9.59 Å². The van der Waals surface area contributed by atoms with E-state index in [0.717, 1.165) is 31.8 Å². The first-order valence-electron chi connectivity index (χ1n) is 8.86. The number of nitrogens with zero attached hydrogens (tertiary/aromatic N) is 2. The van der Waals surface area contributed by atoms with Gasteiger partial charge in [0.15, 0.2) is 0 Å². The molecule has 1 aromatic carbocycles. The smallest absolute Gasteiger partial charge is 0.241 e. The van der Waals surface area contributed by atoms with Gasteiger partial charge in [0.2, 0.25) is 11.8 Å². The maximum Gasteiger partial charge on any atom is 0.241 e. The number of carbonyl (C=O) groups excluding carboxylic acids is 2. The average molecular weight is 345 g/mol. The van der Waals surface area contributed by atoms with Crippen molar-refractivity contribution < 1.29 is 14.3 Å². The minimum absolute atomic E-state index is 0.0108. The molecule has 0 aromatic heterocycles. The van der Waals surface area contributed by atoms with Gasteiger partial charge in [-0.1, -0.05) is 12.1 Å². The maximum atomic E-state index is 12.4. The minimum Gasteiger partial charge on any atom is -0.497 e. The normalized spacial score (nSPS) is 26.2. The molecular formula is C19H27N3O3. The number of benzene rings is 1. The summed E-state index contributed by atoms with van der Waals surface area (Å²) in [7, 11) is 3.85. The predicted molar refractivity (Wildman–Crippen MR) is 95.5 cm³/mol. The SMILES string of the molecule is COc1ccc([C@H]2CN(C)[C@@H]3CCN(C(=O)CNC(C)=O)C[C@H]23)cc1. The second kappa shape index (κ2) is 7.44. The molecule has 1 aromatic rings. The van der Waals surface area contributed by atoms with Crippen LogP contribution in [0.3, 0.4) is 0 Å². The molecule has 2 fully saturated rings. The van der Waals surface area contributed by atoms with Gasteiger partial charge in [0.25, 0.3) is 0 Å². The number of carbonyl (C=O) groups is 2. The van der Waals surface area contributed by atoms with Gasteiger partial charge < -0.3 is 19.9 Å². The molecule has 2 amide bonds. The van der Waals surface area contributed by atoms with E-state index in [0.29, 0.717) is 17.9 Å². The number of hydrogen-bond acceptors (Lipinski definition) is 4. The van der Waals surface area contributed by atoms with Crippen LogP contribution in [0.4, 0.5) is 0 Å². The molecule has 2 saturated heterocycles. The minimum atomic E-state index is -0.167. The largest absolute Gasteiger partial charge is 0.497 e. The lowest BCUT2D eigenvalue weighted by Crippen LogP contribution is -2.50. The first kappa shape index (κ1) is 17.7. The summed E-state index contributed by atoms with van der Waals surface area (Å²) < 4.78 is 5.26. The zero-order chi connectivity index (χ0) is 18.0. The van der Waals surface area contributed by atoms with Crippen molar-refractivity contribution in [2.24, 2.45) is 5.92 Å². The van der Waals surface area contributed by atoms with Crippen LogP contribution in [0.2, 0.25) is 0 Å². The second-order valence-corrected chi connectivity index (χ2v) is 7.09. The van der Waals surface area contributed by atoms with Crippen molar-refractivity contribution in [3.05, 3.63) is 29.8 Å². The van der Waals surface area contributed by atoms with Crippen molar-refractivity contribution in [1.29, 1.82) is 0 Å². The molecule has 0 spiro atoms. The molecule has 25 heavy (non-hydrogen) atoms. The molecule has 1 N–H and O–H groups in total. The van der Waals surface area contributed by atoms with E-state index in [1.54, 1.807) is 7.11 Å². The average Bonchev–Trinajstić information content (AvgIpc) is 2.96. The number of hydrogen-bond donors (Lipinski definition) is 1. The summed E-state index contributed by atoms with van der Waals surface area (Å²) in [5.41, 5.74) is 1.30. The standard InChI is InChI=1S/C19H27N3O3/c1-13(23)20-10-19(24)22-9-8-18-17(12-22)16(11-21(18)2)14-4-6-15(25-3)7-5-14/h4-7,16-18H,8-12H2,1-3H3,(H,20,23)/t16-,17-,18-/m1/s1. The van der Waals surface area contributed by atoms with Crippen LogP contribution in [0.5, 0.6) is 5.75 Å². The van der Waals surface area contributed by atoms with Gasteiger partial charge in [-0.3, -0.25) is 9.59 Å². The Morgan fingerprint density at radius 3 is 2.60 bits per heavy atom. The molecule has 0 saturated carbocycles. The zero-order valence-corrected chi connectivity index (χ0v) is 15.2. The fraction of sp³-hybridized carbons (Fsp3) is 0.579. The molecule has 0 bridgehead atoms. The molecule has 6 nitrogen and oxygen atoms in total. The summed E-state index contributed by atoms with van der Waals surface area (Å²) in [5.74, 6) is 1.55. The van der Waals surface area contributed by atoms with E-state index >= 15 is 0 Å². The van der Waals surface area contributed by atoms with Crippen LogP contribution < -0.4 is 10.1 Å². The Labute approximate surface area is 149 Å². The Hall–Kier alpha value is -2.08. The Morgan fingerprint density at radius 2 is 1.96 bits per heavy atom. The van der Waals surface area contributed by atoms with Gasteiger partial charge in [-0.25, -0.2) is 0 Å². The van der Waals surface area contributed by atoms with E-state index in [1.807, 2.05) is 17.0 Å². The van der Waals surface area contributed by atoms with Crippen LogP contribution in [0, 0.1) is 5.92 Å². The molecule has 0 radical (unpaired) electrons.